The number of hydrogen-bond acceptors (Lipinski definition) is 6. The molecule has 0 atom stereocenters. The molecule has 0 spiro atoms. The number of carbonyl (C=O) groups excluding carboxylic acids is 2. The first-order chi connectivity index (χ1) is 18.4. The molecule has 2 aromatic carbocycles. The van der Waals surface area contributed by atoms with Crippen LogP contribution in [0.5, 0.6) is 0 Å². The molecule has 192 valence electrons. The molecule has 12 heteroatoms. The van der Waals surface area contributed by atoms with E-state index in [2.05, 4.69) is 25.7 Å². The number of nitrogens with one attached hydrogen (secondary N) is 2. The van der Waals surface area contributed by atoms with Gasteiger partial charge < -0.3 is 10.6 Å². The van der Waals surface area contributed by atoms with E-state index in [1.165, 1.54) is 4.90 Å². The van der Waals surface area contributed by atoms with Gasteiger partial charge in [0.1, 0.15) is 6.67 Å². The summed E-state index contributed by atoms with van der Waals surface area (Å²) >= 11 is 6.18. The molecule has 10 nitrogen and oxygen atoms in total. The molecular formula is C26H22ClFN8O2. The lowest BCUT2D eigenvalue weighted by Crippen LogP contribution is -2.45. The number of benzene rings is 2. The summed E-state index contributed by atoms with van der Waals surface area (Å²) in [7, 11) is 1.74. The zero-order valence-corrected chi connectivity index (χ0v) is 20.9. The maximum atomic E-state index is 13.9. The van der Waals surface area contributed by atoms with Gasteiger partial charge in [0.15, 0.2) is 11.0 Å². The Morgan fingerprint density at radius 1 is 1.16 bits per heavy atom. The van der Waals surface area contributed by atoms with Gasteiger partial charge >= 0.3 is 6.03 Å². The van der Waals surface area contributed by atoms with Crippen LogP contribution >= 0.6 is 11.6 Å². The molecule has 0 fully saturated rings. The van der Waals surface area contributed by atoms with Crippen LogP contribution < -0.4 is 20.4 Å². The third-order valence-corrected chi connectivity index (χ3v) is 5.91. The fourth-order valence-corrected chi connectivity index (χ4v) is 4.19. The highest BCUT2D eigenvalue weighted by Crippen LogP contribution is 2.37. The molecule has 2 aromatic heterocycles. The second-order valence-corrected chi connectivity index (χ2v) is 8.67. The lowest BCUT2D eigenvalue weighted by molar-refractivity contribution is -0.111. The summed E-state index contributed by atoms with van der Waals surface area (Å²) in [5.74, 6) is 0.115. The van der Waals surface area contributed by atoms with E-state index in [0.29, 0.717) is 34.1 Å². The van der Waals surface area contributed by atoms with Gasteiger partial charge in [-0.2, -0.15) is 10.1 Å². The van der Waals surface area contributed by atoms with Crippen molar-refractivity contribution >= 4 is 58.1 Å². The van der Waals surface area contributed by atoms with Crippen LogP contribution in [0.15, 0.2) is 79.1 Å². The smallest absolute Gasteiger partial charge is 0.322 e. The largest absolute Gasteiger partial charge is 0.335 e. The molecular weight excluding hydrogens is 511 g/mol. The van der Waals surface area contributed by atoms with E-state index < -0.39 is 12.6 Å². The Morgan fingerprint density at radius 2 is 1.95 bits per heavy atom. The Hall–Kier alpha value is -4.77. The Balaban J connectivity index is 1.55. The number of aromatic nitrogens is 4. The highest BCUT2D eigenvalue weighted by molar-refractivity contribution is 6.32. The number of halogens is 2. The van der Waals surface area contributed by atoms with Gasteiger partial charge in [-0.3, -0.25) is 14.4 Å². The van der Waals surface area contributed by atoms with Crippen molar-refractivity contribution < 1.29 is 14.0 Å². The van der Waals surface area contributed by atoms with Crippen molar-refractivity contribution in [1.82, 2.24) is 19.7 Å². The van der Waals surface area contributed by atoms with Crippen LogP contribution in [0.1, 0.15) is 5.56 Å². The number of allylic oxidation sites excluding steroid dienone is 1. The van der Waals surface area contributed by atoms with Crippen LogP contribution in [-0.2, 0) is 18.4 Å². The third-order valence-electron chi connectivity index (χ3n) is 5.63. The summed E-state index contributed by atoms with van der Waals surface area (Å²) < 4.78 is 14.0. The minimum Gasteiger partial charge on any atom is -0.322 e. The molecule has 3 amide bonds. The Morgan fingerprint density at radius 3 is 2.68 bits per heavy atom. The lowest BCUT2D eigenvalue weighted by Gasteiger charge is -2.36. The van der Waals surface area contributed by atoms with Crippen LogP contribution in [-0.4, -0.2) is 38.4 Å². The van der Waals surface area contributed by atoms with Crippen molar-refractivity contribution in [3.05, 3.63) is 89.9 Å². The number of urea groups is 1. The van der Waals surface area contributed by atoms with Crippen molar-refractivity contribution in [2.45, 2.75) is 6.54 Å². The number of fused-ring (bicyclic) bond motifs is 1. The number of amides is 3. The average Bonchev–Trinajstić information content (AvgIpc) is 3.23. The number of rotatable bonds is 7. The number of hydrogen-bond donors (Lipinski definition) is 2. The molecule has 4 aromatic rings. The van der Waals surface area contributed by atoms with Crippen LogP contribution in [0.4, 0.5) is 43.7 Å². The normalized spacial score (nSPS) is 13.1. The first-order valence-corrected chi connectivity index (χ1v) is 11.9. The second-order valence-electron chi connectivity index (χ2n) is 8.31. The minimum absolute atomic E-state index is 0.227. The third kappa shape index (κ3) is 5.18. The molecule has 0 aliphatic carbocycles. The summed E-state index contributed by atoms with van der Waals surface area (Å²) in [5, 5.41) is 10.1. The van der Waals surface area contributed by atoms with Crippen molar-refractivity contribution in [2.24, 2.45) is 7.05 Å². The van der Waals surface area contributed by atoms with Crippen molar-refractivity contribution in [3.63, 3.8) is 0 Å². The van der Waals surface area contributed by atoms with E-state index in [1.807, 2.05) is 30.3 Å². The number of para-hydroxylation sites is 1. The first kappa shape index (κ1) is 24.9. The monoisotopic (exact) mass is 532 g/mol. The molecule has 38 heavy (non-hydrogen) atoms. The fourth-order valence-electron chi connectivity index (χ4n) is 3.98. The topological polar surface area (TPSA) is 108 Å². The van der Waals surface area contributed by atoms with Crippen LogP contribution in [0.3, 0.4) is 0 Å². The van der Waals surface area contributed by atoms with E-state index in [1.54, 1.807) is 53.3 Å². The Labute approximate surface area is 222 Å². The SMILES string of the molecule is Cn1cc(Nc2ncc3c(n2)N(c2cccc(NC(=O)/C=C/CF)c2)C(=O)N(c2ccccc2)C3)c(Cl)n1. The molecule has 0 bridgehead atoms. The molecule has 0 unspecified atom stereocenters. The maximum Gasteiger partial charge on any atom is 0.335 e. The molecule has 5 rings (SSSR count). The number of carbonyl (C=O) groups is 2. The van der Waals surface area contributed by atoms with E-state index in [9.17, 15) is 14.0 Å². The van der Waals surface area contributed by atoms with Crippen LogP contribution in [0, 0.1) is 0 Å². The fraction of sp³-hybridized carbons (Fsp3) is 0.115. The highest BCUT2D eigenvalue weighted by Gasteiger charge is 2.34. The van der Waals surface area contributed by atoms with E-state index in [-0.39, 0.29) is 23.7 Å². The van der Waals surface area contributed by atoms with Gasteiger partial charge in [-0.15, -0.1) is 0 Å². The van der Waals surface area contributed by atoms with Crippen molar-refractivity contribution in [2.75, 3.05) is 27.1 Å². The molecule has 0 saturated heterocycles. The number of aryl methyl sites for hydroxylation is 1. The minimum atomic E-state index is -0.748. The summed E-state index contributed by atoms with van der Waals surface area (Å²) in [4.78, 5) is 38.1. The van der Waals surface area contributed by atoms with Crippen LogP contribution in [0.2, 0.25) is 5.15 Å². The summed E-state index contributed by atoms with van der Waals surface area (Å²) in [6, 6.07) is 15.7. The van der Waals surface area contributed by atoms with Gasteiger partial charge in [0, 0.05) is 42.5 Å². The number of anilines is 6. The summed E-state index contributed by atoms with van der Waals surface area (Å²) in [6.07, 6.45) is 5.56. The molecule has 0 radical (unpaired) electrons. The van der Waals surface area contributed by atoms with Crippen molar-refractivity contribution in [1.29, 1.82) is 0 Å². The Kier molecular flexibility index (Phi) is 7.00. The van der Waals surface area contributed by atoms with Gasteiger partial charge in [-0.1, -0.05) is 35.9 Å². The predicted octanol–water partition coefficient (Wildman–Crippen LogP) is 5.35. The molecule has 1 aliphatic heterocycles. The van der Waals surface area contributed by atoms with Gasteiger partial charge in [0.2, 0.25) is 11.9 Å². The molecule has 1 aliphatic rings. The van der Waals surface area contributed by atoms with Crippen molar-refractivity contribution in [3.8, 4) is 0 Å². The van der Waals surface area contributed by atoms with Gasteiger partial charge in [0.05, 0.1) is 17.9 Å². The summed E-state index contributed by atoms with van der Waals surface area (Å²) in [5.41, 5.74) is 2.82. The Bertz CT molecular complexity index is 1520. The number of nitrogens with zero attached hydrogens (tertiary/aromatic N) is 6. The second kappa shape index (κ2) is 10.7. The number of alkyl halides is 1. The molecule has 3 heterocycles. The van der Waals surface area contributed by atoms with Gasteiger partial charge in [0.25, 0.3) is 0 Å². The van der Waals surface area contributed by atoms with Gasteiger partial charge in [-0.25, -0.2) is 19.1 Å². The lowest BCUT2D eigenvalue weighted by atomic mass is 10.1. The highest BCUT2D eigenvalue weighted by atomic mass is 35.5. The average molecular weight is 533 g/mol. The first-order valence-electron chi connectivity index (χ1n) is 11.6. The van der Waals surface area contributed by atoms with Gasteiger partial charge in [-0.05, 0) is 36.4 Å². The zero-order valence-electron chi connectivity index (χ0n) is 20.2. The molecule has 0 saturated carbocycles. The standard InChI is InChI=1S/C26H22ClFN8O2/c1-34-16-21(23(27)33-34)31-25-29-14-17-15-35(19-8-3-2-4-9-19)26(38)36(24(17)32-25)20-10-5-7-18(13-20)30-22(37)11-6-12-28/h2-11,13-14,16H,12,15H2,1H3,(H,30,37)(H,29,31,32)/b11-6+. The quantitative estimate of drug-likeness (QED) is 0.311. The summed E-state index contributed by atoms with van der Waals surface area (Å²) in [6.45, 7) is -0.491. The predicted molar refractivity (Wildman–Crippen MR) is 144 cm³/mol. The van der Waals surface area contributed by atoms with E-state index >= 15 is 0 Å². The molecule has 2 N–H and O–H groups in total. The zero-order chi connectivity index (χ0) is 26.6. The maximum absolute atomic E-state index is 13.9. The van der Waals surface area contributed by atoms with Crippen LogP contribution in [0.25, 0.3) is 0 Å². The van der Waals surface area contributed by atoms with E-state index in [0.717, 1.165) is 12.2 Å². The van der Waals surface area contributed by atoms with E-state index in [4.69, 9.17) is 11.6 Å².